The van der Waals surface area contributed by atoms with Crippen molar-refractivity contribution in [3.05, 3.63) is 11.1 Å². The van der Waals surface area contributed by atoms with Crippen LogP contribution in [0.4, 0.5) is 0 Å². The van der Waals surface area contributed by atoms with Gasteiger partial charge in [-0.3, -0.25) is 5.41 Å². The Morgan fingerprint density at radius 1 is 1.89 bits per heavy atom. The molecule has 4 nitrogen and oxygen atoms in total. The highest BCUT2D eigenvalue weighted by atomic mass is 32.1. The summed E-state index contributed by atoms with van der Waals surface area (Å²) in [5, 5.41) is 15.5. The Morgan fingerprint density at radius 2 is 2.56 bits per heavy atom. The van der Waals surface area contributed by atoms with Gasteiger partial charge < -0.3 is 10.8 Å². The Kier molecular flexibility index (Phi) is 1.35. The highest BCUT2D eigenvalue weighted by Crippen LogP contribution is 2.16. The number of aromatic nitrogens is 1. The average molecular weight is 143 g/mol. The van der Waals surface area contributed by atoms with Gasteiger partial charge in [0.05, 0.1) is 11.1 Å². The molecule has 0 aliphatic rings. The molecule has 0 amide bonds. The highest BCUT2D eigenvalue weighted by molar-refractivity contribution is 7.15. The normalized spacial score (nSPS) is 9.33. The summed E-state index contributed by atoms with van der Waals surface area (Å²) in [6.07, 6.45) is 1.36. The third-order valence-electron chi connectivity index (χ3n) is 0.759. The van der Waals surface area contributed by atoms with Gasteiger partial charge in [-0.2, -0.15) is 0 Å². The molecule has 48 valence electrons. The van der Waals surface area contributed by atoms with Gasteiger partial charge in [0.15, 0.2) is 0 Å². The summed E-state index contributed by atoms with van der Waals surface area (Å²) in [4.78, 5) is 3.98. The van der Waals surface area contributed by atoms with Crippen molar-refractivity contribution in [3.8, 4) is 5.19 Å². The maximum atomic E-state index is 8.66. The molecule has 1 heterocycles. The fourth-order valence-corrected chi connectivity index (χ4v) is 0.907. The highest BCUT2D eigenvalue weighted by Gasteiger charge is 2.00. The molecule has 9 heavy (non-hydrogen) atoms. The first-order chi connectivity index (χ1) is 4.20. The summed E-state index contributed by atoms with van der Waals surface area (Å²) in [7, 11) is 0. The summed E-state index contributed by atoms with van der Waals surface area (Å²) < 4.78 is 0. The van der Waals surface area contributed by atoms with Crippen LogP contribution in [-0.2, 0) is 0 Å². The van der Waals surface area contributed by atoms with Crippen LogP contribution in [0.15, 0.2) is 6.20 Å². The van der Waals surface area contributed by atoms with E-state index in [4.69, 9.17) is 16.2 Å². The van der Waals surface area contributed by atoms with Crippen molar-refractivity contribution in [2.24, 2.45) is 5.73 Å². The van der Waals surface area contributed by atoms with E-state index in [9.17, 15) is 0 Å². The van der Waals surface area contributed by atoms with E-state index >= 15 is 0 Å². The van der Waals surface area contributed by atoms with Gasteiger partial charge in [-0.25, -0.2) is 4.98 Å². The minimum Gasteiger partial charge on any atom is -0.486 e. The minimum absolute atomic E-state index is 0.0554. The lowest BCUT2D eigenvalue weighted by Gasteiger charge is -1.83. The van der Waals surface area contributed by atoms with Crippen LogP contribution in [0.2, 0.25) is 0 Å². The van der Waals surface area contributed by atoms with Crippen molar-refractivity contribution < 1.29 is 5.11 Å². The summed E-state index contributed by atoms with van der Waals surface area (Å²) in [6.45, 7) is 0. The number of nitrogens with one attached hydrogen (secondary N) is 1. The van der Waals surface area contributed by atoms with Gasteiger partial charge in [0.1, 0.15) is 5.84 Å². The van der Waals surface area contributed by atoms with Gasteiger partial charge in [-0.05, 0) is 0 Å². The number of thiazole rings is 1. The number of amidine groups is 1. The fourth-order valence-electron chi connectivity index (χ4n) is 0.389. The summed E-state index contributed by atoms with van der Waals surface area (Å²) in [5.74, 6) is -0.0622. The van der Waals surface area contributed by atoms with E-state index in [0.29, 0.717) is 4.88 Å². The average Bonchev–Trinajstić information content (AvgIpc) is 2.14. The van der Waals surface area contributed by atoms with Crippen LogP contribution in [0, 0.1) is 5.41 Å². The molecule has 0 saturated heterocycles. The predicted octanol–water partition coefficient (Wildman–Crippen LogP) is 0.133. The lowest BCUT2D eigenvalue weighted by molar-refractivity contribution is 0.471. The molecular weight excluding hydrogens is 138 g/mol. The first-order valence-corrected chi connectivity index (χ1v) is 3.01. The lowest BCUT2D eigenvalue weighted by Crippen LogP contribution is -2.08. The topological polar surface area (TPSA) is 83.0 Å². The van der Waals surface area contributed by atoms with Gasteiger partial charge in [-0.15, -0.1) is 0 Å². The zero-order chi connectivity index (χ0) is 6.85. The van der Waals surface area contributed by atoms with Crippen LogP contribution < -0.4 is 5.73 Å². The van der Waals surface area contributed by atoms with Crippen LogP contribution in [0.3, 0.4) is 0 Å². The Labute approximate surface area is 55.5 Å². The number of hydrogen-bond acceptors (Lipinski definition) is 4. The Hall–Kier alpha value is -1.10. The maximum absolute atomic E-state index is 8.66. The lowest BCUT2D eigenvalue weighted by atomic mass is 10.5. The van der Waals surface area contributed by atoms with Crippen molar-refractivity contribution in [1.29, 1.82) is 5.41 Å². The Balaban J connectivity index is 2.98. The minimum atomic E-state index is -0.0622. The van der Waals surface area contributed by atoms with Crippen LogP contribution in [0.1, 0.15) is 4.88 Å². The van der Waals surface area contributed by atoms with Crippen molar-refractivity contribution in [2.75, 3.05) is 0 Å². The number of aromatic hydroxyl groups is 1. The molecule has 0 radical (unpaired) electrons. The maximum Gasteiger partial charge on any atom is 0.271 e. The summed E-state index contributed by atoms with van der Waals surface area (Å²) in [6, 6.07) is 0. The second-order valence-electron chi connectivity index (χ2n) is 1.42. The van der Waals surface area contributed by atoms with Gasteiger partial charge in [-0.1, -0.05) is 11.3 Å². The molecule has 1 aromatic heterocycles. The van der Waals surface area contributed by atoms with Gasteiger partial charge in [0.2, 0.25) is 0 Å². The van der Waals surface area contributed by atoms with E-state index in [2.05, 4.69) is 4.98 Å². The van der Waals surface area contributed by atoms with Crippen LogP contribution in [0.25, 0.3) is 0 Å². The van der Waals surface area contributed by atoms with Gasteiger partial charge >= 0.3 is 0 Å². The first kappa shape index (κ1) is 6.03. The second-order valence-corrected chi connectivity index (χ2v) is 2.43. The van der Waals surface area contributed by atoms with E-state index in [-0.39, 0.29) is 11.0 Å². The van der Waals surface area contributed by atoms with Crippen LogP contribution >= 0.6 is 11.3 Å². The fraction of sp³-hybridized carbons (Fsp3) is 0. The molecule has 0 spiro atoms. The molecule has 4 N–H and O–H groups in total. The number of nitrogen functional groups attached to an aromatic ring is 1. The number of hydrogen-bond donors (Lipinski definition) is 3. The number of nitrogens with zero attached hydrogens (tertiary/aromatic N) is 1. The number of rotatable bonds is 1. The Bertz CT molecular complexity index is 231. The smallest absolute Gasteiger partial charge is 0.271 e. The van der Waals surface area contributed by atoms with Gasteiger partial charge in [0.25, 0.3) is 5.19 Å². The molecule has 0 aliphatic carbocycles. The molecule has 0 aromatic carbocycles. The first-order valence-electron chi connectivity index (χ1n) is 2.19. The third-order valence-corrected chi connectivity index (χ3v) is 1.59. The molecule has 0 aliphatic heterocycles. The summed E-state index contributed by atoms with van der Waals surface area (Å²) in [5.41, 5.74) is 5.07. The molecular formula is C4H5N3OS. The van der Waals surface area contributed by atoms with E-state index < -0.39 is 0 Å². The zero-order valence-electron chi connectivity index (χ0n) is 4.46. The molecule has 0 atom stereocenters. The quantitative estimate of drug-likeness (QED) is 0.386. The molecule has 1 rings (SSSR count). The van der Waals surface area contributed by atoms with Crippen LogP contribution in [0.5, 0.6) is 5.19 Å². The van der Waals surface area contributed by atoms with E-state index in [1.54, 1.807) is 0 Å². The van der Waals surface area contributed by atoms with Crippen molar-refractivity contribution in [3.63, 3.8) is 0 Å². The monoisotopic (exact) mass is 143 g/mol. The van der Waals surface area contributed by atoms with Crippen molar-refractivity contribution in [1.82, 2.24) is 4.98 Å². The molecule has 0 unspecified atom stereocenters. The van der Waals surface area contributed by atoms with Crippen molar-refractivity contribution >= 4 is 17.2 Å². The molecule has 0 saturated carbocycles. The Morgan fingerprint density at radius 3 is 2.78 bits per heavy atom. The second kappa shape index (κ2) is 2.02. The zero-order valence-corrected chi connectivity index (χ0v) is 5.27. The molecule has 1 aromatic rings. The SMILES string of the molecule is N=C(N)c1cnc(O)s1. The van der Waals surface area contributed by atoms with Gasteiger partial charge in [0, 0.05) is 0 Å². The van der Waals surface area contributed by atoms with Crippen molar-refractivity contribution in [2.45, 2.75) is 0 Å². The predicted molar refractivity (Wildman–Crippen MR) is 34.8 cm³/mol. The summed E-state index contributed by atoms with van der Waals surface area (Å²) >= 11 is 0.991. The number of nitrogens with two attached hydrogens (primary N) is 1. The molecule has 0 bridgehead atoms. The van der Waals surface area contributed by atoms with E-state index in [0.717, 1.165) is 11.3 Å². The van der Waals surface area contributed by atoms with E-state index in [1.165, 1.54) is 6.20 Å². The largest absolute Gasteiger partial charge is 0.486 e. The molecule has 5 heteroatoms. The van der Waals surface area contributed by atoms with E-state index in [1.807, 2.05) is 0 Å². The standard InChI is InChI=1S/C4H5N3OS/c5-3(6)2-1-7-4(8)9-2/h1H,(H3,5,6)(H,7,8). The third kappa shape index (κ3) is 1.17. The molecule has 0 fully saturated rings. The van der Waals surface area contributed by atoms with Crippen LogP contribution in [-0.4, -0.2) is 15.9 Å².